The number of rotatable bonds is 4. The molecule has 18 heavy (non-hydrogen) atoms. The molecule has 1 fully saturated rings. The Bertz CT molecular complexity index is 355. The van der Waals surface area contributed by atoms with Crippen LogP contribution < -0.4 is 10.1 Å². The number of methoxy groups -OCH3 is 1. The van der Waals surface area contributed by atoms with Gasteiger partial charge in [-0.2, -0.15) is 0 Å². The molecule has 1 heterocycles. The second kappa shape index (κ2) is 6.98. The van der Waals surface area contributed by atoms with Crippen molar-refractivity contribution in [3.8, 4) is 5.75 Å². The van der Waals surface area contributed by atoms with E-state index >= 15 is 0 Å². The smallest absolute Gasteiger partial charge is 0.118 e. The number of nitrogens with one attached hydrogen (secondary N) is 1. The first kappa shape index (κ1) is 15.3. The Labute approximate surface area is 116 Å². The first-order valence-corrected chi connectivity index (χ1v) is 6.25. The van der Waals surface area contributed by atoms with Crippen molar-refractivity contribution in [2.24, 2.45) is 5.92 Å². The van der Waals surface area contributed by atoms with Gasteiger partial charge in [-0.1, -0.05) is 19.1 Å². The Hall–Kier alpha value is -0.770. The van der Waals surface area contributed by atoms with E-state index in [-0.39, 0.29) is 12.4 Å². The third kappa shape index (κ3) is 3.61. The lowest BCUT2D eigenvalue weighted by Crippen LogP contribution is -2.32. The van der Waals surface area contributed by atoms with Crippen molar-refractivity contribution < 1.29 is 4.74 Å². The van der Waals surface area contributed by atoms with Gasteiger partial charge in [0.25, 0.3) is 0 Å². The lowest BCUT2D eigenvalue weighted by molar-refractivity contribution is 0.317. The summed E-state index contributed by atoms with van der Waals surface area (Å²) in [5.41, 5.74) is 1.36. The summed E-state index contributed by atoms with van der Waals surface area (Å²) in [7, 11) is 3.76. The number of hydrogen-bond donors (Lipinski definition) is 1. The Kier molecular flexibility index (Phi) is 5.93. The second-order valence-corrected chi connectivity index (χ2v) is 4.91. The maximum Gasteiger partial charge on any atom is 0.118 e. The highest BCUT2D eigenvalue weighted by Crippen LogP contribution is 2.19. The summed E-state index contributed by atoms with van der Waals surface area (Å²) < 4.78 is 5.17. The summed E-state index contributed by atoms with van der Waals surface area (Å²) in [6, 6.07) is 8.99. The van der Waals surface area contributed by atoms with Crippen molar-refractivity contribution in [3.05, 3.63) is 29.8 Å². The van der Waals surface area contributed by atoms with Crippen molar-refractivity contribution in [1.82, 2.24) is 10.2 Å². The Morgan fingerprint density at radius 1 is 1.28 bits per heavy atom. The van der Waals surface area contributed by atoms with Crippen molar-refractivity contribution in [3.63, 3.8) is 0 Å². The van der Waals surface area contributed by atoms with Gasteiger partial charge in [-0.25, -0.2) is 0 Å². The van der Waals surface area contributed by atoms with Crippen LogP contribution in [0.4, 0.5) is 0 Å². The summed E-state index contributed by atoms with van der Waals surface area (Å²) in [5.74, 6) is 1.66. The molecule has 1 aliphatic heterocycles. The summed E-state index contributed by atoms with van der Waals surface area (Å²) >= 11 is 0. The highest BCUT2D eigenvalue weighted by atomic mass is 35.5. The van der Waals surface area contributed by atoms with Gasteiger partial charge in [0.1, 0.15) is 5.75 Å². The van der Waals surface area contributed by atoms with E-state index in [4.69, 9.17) is 4.74 Å². The standard InChI is InChI=1S/C14H22N2O.ClH/c1-11-8-16(10-14(11)15-2)9-12-4-6-13(17-3)7-5-12;/h4-7,11,14-15H,8-10H2,1-3H3;1H. The van der Waals surface area contributed by atoms with Gasteiger partial charge in [-0.05, 0) is 30.7 Å². The Morgan fingerprint density at radius 2 is 1.94 bits per heavy atom. The third-order valence-corrected chi connectivity index (χ3v) is 3.62. The molecule has 1 saturated heterocycles. The molecular formula is C14H23ClN2O. The SMILES string of the molecule is CNC1CN(Cc2ccc(OC)cc2)CC1C.Cl. The van der Waals surface area contributed by atoms with Crippen molar-refractivity contribution in [2.45, 2.75) is 19.5 Å². The first-order chi connectivity index (χ1) is 8.22. The molecule has 0 saturated carbocycles. The minimum absolute atomic E-state index is 0. The van der Waals surface area contributed by atoms with Crippen LogP contribution in [0.5, 0.6) is 5.75 Å². The molecule has 0 spiro atoms. The van der Waals surface area contributed by atoms with Gasteiger partial charge >= 0.3 is 0 Å². The molecular weight excluding hydrogens is 248 g/mol. The van der Waals surface area contributed by atoms with Crippen LogP contribution in [0.3, 0.4) is 0 Å². The summed E-state index contributed by atoms with van der Waals surface area (Å²) in [4.78, 5) is 2.51. The number of likely N-dealkylation sites (tertiary alicyclic amines) is 1. The van der Waals surface area contributed by atoms with E-state index in [9.17, 15) is 0 Å². The maximum atomic E-state index is 5.17. The summed E-state index contributed by atoms with van der Waals surface area (Å²) in [6.07, 6.45) is 0. The van der Waals surface area contributed by atoms with Crippen LogP contribution in [-0.4, -0.2) is 38.2 Å². The van der Waals surface area contributed by atoms with E-state index in [0.717, 1.165) is 24.8 Å². The van der Waals surface area contributed by atoms with Crippen LogP contribution in [0.25, 0.3) is 0 Å². The van der Waals surface area contributed by atoms with Gasteiger partial charge in [-0.3, -0.25) is 4.90 Å². The predicted octanol–water partition coefficient (Wildman–Crippen LogP) is 2.16. The van der Waals surface area contributed by atoms with Crippen LogP contribution in [0.15, 0.2) is 24.3 Å². The molecule has 0 radical (unpaired) electrons. The van der Waals surface area contributed by atoms with Gasteiger partial charge in [0.2, 0.25) is 0 Å². The van der Waals surface area contributed by atoms with Crippen LogP contribution >= 0.6 is 12.4 Å². The highest BCUT2D eigenvalue weighted by Gasteiger charge is 2.27. The first-order valence-electron chi connectivity index (χ1n) is 6.25. The average Bonchev–Trinajstić information content (AvgIpc) is 2.70. The molecule has 2 atom stereocenters. The number of hydrogen-bond acceptors (Lipinski definition) is 3. The van der Waals surface area contributed by atoms with E-state index in [1.807, 2.05) is 12.1 Å². The largest absolute Gasteiger partial charge is 0.497 e. The number of ether oxygens (including phenoxy) is 1. The molecule has 1 aliphatic rings. The van der Waals surface area contributed by atoms with Crippen molar-refractivity contribution >= 4 is 12.4 Å². The summed E-state index contributed by atoms with van der Waals surface area (Å²) in [5, 5.41) is 3.39. The van der Waals surface area contributed by atoms with Gasteiger partial charge in [-0.15, -0.1) is 12.4 Å². The van der Waals surface area contributed by atoms with E-state index in [0.29, 0.717) is 6.04 Å². The molecule has 0 amide bonds. The van der Waals surface area contributed by atoms with Gasteiger partial charge < -0.3 is 10.1 Å². The zero-order chi connectivity index (χ0) is 12.3. The molecule has 2 unspecified atom stereocenters. The maximum absolute atomic E-state index is 5.17. The van der Waals surface area contributed by atoms with E-state index in [1.54, 1.807) is 7.11 Å². The Balaban J connectivity index is 0.00000162. The topological polar surface area (TPSA) is 24.5 Å². The molecule has 2 rings (SSSR count). The molecule has 1 N–H and O–H groups in total. The number of benzene rings is 1. The zero-order valence-corrected chi connectivity index (χ0v) is 12.2. The van der Waals surface area contributed by atoms with Gasteiger partial charge in [0, 0.05) is 25.7 Å². The van der Waals surface area contributed by atoms with Crippen LogP contribution in [0.2, 0.25) is 0 Å². The monoisotopic (exact) mass is 270 g/mol. The van der Waals surface area contributed by atoms with Crippen molar-refractivity contribution in [1.29, 1.82) is 0 Å². The molecule has 1 aromatic rings. The van der Waals surface area contributed by atoms with Crippen molar-refractivity contribution in [2.75, 3.05) is 27.2 Å². The third-order valence-electron chi connectivity index (χ3n) is 3.62. The minimum Gasteiger partial charge on any atom is -0.497 e. The average molecular weight is 271 g/mol. The number of nitrogens with zero attached hydrogens (tertiary/aromatic N) is 1. The second-order valence-electron chi connectivity index (χ2n) is 4.91. The molecule has 0 aromatic heterocycles. The fraction of sp³-hybridized carbons (Fsp3) is 0.571. The highest BCUT2D eigenvalue weighted by molar-refractivity contribution is 5.85. The molecule has 102 valence electrons. The minimum atomic E-state index is 0. The Morgan fingerprint density at radius 3 is 2.44 bits per heavy atom. The molecule has 4 heteroatoms. The fourth-order valence-electron chi connectivity index (χ4n) is 2.56. The van der Waals surface area contributed by atoms with E-state index < -0.39 is 0 Å². The molecule has 0 bridgehead atoms. The molecule has 3 nitrogen and oxygen atoms in total. The molecule has 1 aromatic carbocycles. The lowest BCUT2D eigenvalue weighted by Gasteiger charge is -2.15. The summed E-state index contributed by atoms with van der Waals surface area (Å²) in [6.45, 7) is 5.67. The normalized spacial score (nSPS) is 23.7. The fourth-order valence-corrected chi connectivity index (χ4v) is 2.56. The number of halogens is 1. The van der Waals surface area contributed by atoms with Crippen LogP contribution in [-0.2, 0) is 6.54 Å². The van der Waals surface area contributed by atoms with E-state index in [2.05, 4.69) is 36.3 Å². The molecule has 0 aliphatic carbocycles. The van der Waals surface area contributed by atoms with Crippen LogP contribution in [0, 0.1) is 5.92 Å². The zero-order valence-electron chi connectivity index (χ0n) is 11.3. The quantitative estimate of drug-likeness (QED) is 0.907. The predicted molar refractivity (Wildman–Crippen MR) is 77.5 cm³/mol. The number of likely N-dealkylation sites (N-methyl/N-ethyl adjacent to an activating group) is 1. The van der Waals surface area contributed by atoms with E-state index in [1.165, 1.54) is 12.1 Å². The van der Waals surface area contributed by atoms with Gasteiger partial charge in [0.15, 0.2) is 0 Å². The lowest BCUT2D eigenvalue weighted by atomic mass is 10.1. The van der Waals surface area contributed by atoms with Gasteiger partial charge in [0.05, 0.1) is 7.11 Å². The van der Waals surface area contributed by atoms with Crippen LogP contribution in [0.1, 0.15) is 12.5 Å².